The number of carbonyl (C=O) groups excluding carboxylic acids is 2. The number of likely N-dealkylation sites (N-methyl/N-ethyl adjacent to an activating group) is 1. The molecule has 3 aliphatic rings. The first kappa shape index (κ1) is 26.3. The van der Waals surface area contributed by atoms with Crippen LogP contribution < -0.4 is 0 Å². The first-order valence-corrected chi connectivity index (χ1v) is 14.4. The summed E-state index contributed by atoms with van der Waals surface area (Å²) in [7, 11) is 2.28. The van der Waals surface area contributed by atoms with Gasteiger partial charge in [0.2, 0.25) is 0 Å². The Morgan fingerprint density at radius 2 is 1.69 bits per heavy atom. The van der Waals surface area contributed by atoms with Gasteiger partial charge in [0.15, 0.2) is 11.5 Å². The van der Waals surface area contributed by atoms with E-state index < -0.39 is 11.6 Å². The van der Waals surface area contributed by atoms with E-state index in [9.17, 15) is 14.7 Å². The molecule has 3 aromatic rings. The second kappa shape index (κ2) is 10.2. The number of aliphatic hydroxyl groups is 1. The van der Waals surface area contributed by atoms with Crippen molar-refractivity contribution in [3.05, 3.63) is 70.2 Å². The molecular weight excluding hydrogens is 522 g/mol. The third-order valence-corrected chi connectivity index (χ3v) is 9.62. The molecule has 0 spiro atoms. The third-order valence-electron chi connectivity index (χ3n) is 8.49. The number of hydrogen-bond acceptors (Lipinski definition) is 9. The van der Waals surface area contributed by atoms with Crippen LogP contribution in [0.1, 0.15) is 53.9 Å². The number of ether oxygens (including phenoxy) is 3. The highest BCUT2D eigenvalue weighted by Gasteiger charge is 2.72. The number of rotatable bonds is 11. The Morgan fingerprint density at radius 3 is 2.28 bits per heavy atom. The Kier molecular flexibility index (Phi) is 6.91. The molecule has 2 bridgehead atoms. The van der Waals surface area contributed by atoms with Crippen molar-refractivity contribution >= 4 is 23.3 Å². The molecule has 3 aromatic heterocycles. The molecule has 1 N–H and O–H groups in total. The Labute approximate surface area is 230 Å². The predicted molar refractivity (Wildman–Crippen MR) is 140 cm³/mol. The maximum atomic E-state index is 13.4. The van der Waals surface area contributed by atoms with Crippen molar-refractivity contribution in [2.45, 2.75) is 81.6 Å². The van der Waals surface area contributed by atoms with Crippen molar-refractivity contribution in [3.63, 3.8) is 0 Å². The molecule has 0 aliphatic carbocycles. The number of quaternary nitrogens is 1. The SMILES string of the molecule is CCOC(=O)CCCc1ccc(C[N+]2(C)[C@@H]3CC(OC(=O)C(O)(c4ccco4)c4ccco4)C[C@H]2[C@@H]2O[C@@H]23)s1. The van der Waals surface area contributed by atoms with Gasteiger partial charge in [0.25, 0.3) is 5.60 Å². The second-order valence-corrected chi connectivity index (χ2v) is 12.1. The molecule has 6 rings (SSSR count). The molecule has 3 fully saturated rings. The van der Waals surface area contributed by atoms with Crippen molar-refractivity contribution in [1.29, 1.82) is 0 Å². The van der Waals surface area contributed by atoms with Gasteiger partial charge in [-0.1, -0.05) is 0 Å². The lowest BCUT2D eigenvalue weighted by atomic mass is 9.94. The monoisotopic (exact) mass is 556 g/mol. The maximum absolute atomic E-state index is 13.4. The van der Waals surface area contributed by atoms with Gasteiger partial charge in [-0.25, -0.2) is 4.79 Å². The summed E-state index contributed by atoms with van der Waals surface area (Å²) in [6, 6.07) is 11.0. The average molecular weight is 557 g/mol. The number of piperidine rings is 1. The second-order valence-electron chi connectivity index (χ2n) is 10.9. The summed E-state index contributed by atoms with van der Waals surface area (Å²) in [5, 5.41) is 11.4. The normalized spacial score (nSPS) is 29.2. The summed E-state index contributed by atoms with van der Waals surface area (Å²) in [5.74, 6) is -0.820. The number of fused-ring (bicyclic) bond motifs is 5. The van der Waals surface area contributed by atoms with E-state index in [0.29, 0.717) is 25.9 Å². The van der Waals surface area contributed by atoms with Crippen molar-refractivity contribution in [2.75, 3.05) is 13.7 Å². The topological polar surface area (TPSA) is 112 Å². The van der Waals surface area contributed by atoms with E-state index in [0.717, 1.165) is 23.9 Å². The Bertz CT molecular complexity index is 1250. The molecule has 6 heterocycles. The minimum Gasteiger partial charge on any atom is -0.466 e. The van der Waals surface area contributed by atoms with Crippen LogP contribution in [0.3, 0.4) is 0 Å². The molecule has 10 heteroatoms. The zero-order chi connectivity index (χ0) is 27.2. The smallest absolute Gasteiger partial charge is 0.354 e. The fourth-order valence-electron chi connectivity index (χ4n) is 6.53. The highest BCUT2D eigenvalue weighted by atomic mass is 32.1. The highest BCUT2D eigenvalue weighted by molar-refractivity contribution is 7.11. The van der Waals surface area contributed by atoms with Crippen LogP contribution in [0.15, 0.2) is 57.8 Å². The van der Waals surface area contributed by atoms with E-state index in [1.165, 1.54) is 34.4 Å². The summed E-state index contributed by atoms with van der Waals surface area (Å²) in [4.78, 5) is 27.6. The van der Waals surface area contributed by atoms with Crippen LogP contribution in [0.25, 0.3) is 0 Å². The fourth-order valence-corrected chi connectivity index (χ4v) is 7.73. The van der Waals surface area contributed by atoms with Gasteiger partial charge in [0.1, 0.15) is 36.9 Å². The summed E-state index contributed by atoms with van der Waals surface area (Å²) in [5.41, 5.74) is -2.15. The largest absolute Gasteiger partial charge is 0.466 e. The van der Waals surface area contributed by atoms with Crippen molar-refractivity contribution in [3.8, 4) is 0 Å². The van der Waals surface area contributed by atoms with Gasteiger partial charge in [0.05, 0.1) is 31.1 Å². The molecule has 0 amide bonds. The van der Waals surface area contributed by atoms with Crippen LogP contribution in [0.4, 0.5) is 0 Å². The summed E-state index contributed by atoms with van der Waals surface area (Å²) in [6.07, 6.45) is 6.20. The molecule has 3 aliphatic heterocycles. The minimum atomic E-state index is -2.15. The maximum Gasteiger partial charge on any atom is 0.354 e. The number of carbonyl (C=O) groups is 2. The first-order chi connectivity index (χ1) is 18.8. The lowest BCUT2D eigenvalue weighted by Gasteiger charge is -2.48. The minimum absolute atomic E-state index is 0.0591. The van der Waals surface area contributed by atoms with Gasteiger partial charge in [-0.2, -0.15) is 0 Å². The molecule has 9 nitrogen and oxygen atoms in total. The molecule has 0 radical (unpaired) electrons. The number of aryl methyl sites for hydroxylation is 1. The van der Waals surface area contributed by atoms with Crippen LogP contribution >= 0.6 is 11.3 Å². The summed E-state index contributed by atoms with van der Waals surface area (Å²) in [6.45, 7) is 3.13. The van der Waals surface area contributed by atoms with Gasteiger partial charge < -0.3 is 32.6 Å². The Morgan fingerprint density at radius 1 is 1.05 bits per heavy atom. The molecule has 0 aromatic carbocycles. The van der Waals surface area contributed by atoms with Crippen LogP contribution in [0.2, 0.25) is 0 Å². The number of thiophene rings is 1. The van der Waals surface area contributed by atoms with Gasteiger partial charge in [0, 0.05) is 24.1 Å². The Balaban J connectivity index is 1.11. The van der Waals surface area contributed by atoms with Crippen molar-refractivity contribution < 1.29 is 42.2 Å². The third kappa shape index (κ3) is 4.73. The fraction of sp³-hybridized carbons (Fsp3) is 0.517. The van der Waals surface area contributed by atoms with Gasteiger partial charge in [-0.05, 0) is 56.2 Å². The standard InChI is InChI=1S/C29H34NO8S/c1-3-34-25(31)10-4-7-19-11-12-20(39-19)17-30(2)21-15-18(16-22(30)27-26(21)38-27)37-28(32)29(33,23-8-5-13-35-23)24-9-6-14-36-24/h5-6,8-9,11-14,18,21-22,26-27,33H,3-4,7,10,15-17H2,1-2H3/q+1/t18?,21-,22+,26-,27+,30?. The molecule has 2 unspecified atom stereocenters. The van der Waals surface area contributed by atoms with Gasteiger partial charge >= 0.3 is 11.9 Å². The van der Waals surface area contributed by atoms with E-state index >= 15 is 0 Å². The number of esters is 2. The van der Waals surface area contributed by atoms with E-state index in [4.69, 9.17) is 23.0 Å². The van der Waals surface area contributed by atoms with E-state index in [2.05, 4.69) is 19.2 Å². The molecule has 6 atom stereocenters. The first-order valence-electron chi connectivity index (χ1n) is 13.6. The molecule has 39 heavy (non-hydrogen) atoms. The molecule has 0 saturated carbocycles. The zero-order valence-corrected chi connectivity index (χ0v) is 22.9. The zero-order valence-electron chi connectivity index (χ0n) is 22.1. The summed E-state index contributed by atoms with van der Waals surface area (Å²) < 4.78 is 28.7. The number of hydrogen-bond donors (Lipinski definition) is 1. The number of furan rings is 2. The number of morpholine rings is 1. The van der Waals surface area contributed by atoms with Crippen LogP contribution in [-0.2, 0) is 42.4 Å². The van der Waals surface area contributed by atoms with Crippen LogP contribution in [0.5, 0.6) is 0 Å². The number of epoxide rings is 1. The molecule has 208 valence electrons. The van der Waals surface area contributed by atoms with Crippen molar-refractivity contribution in [2.24, 2.45) is 0 Å². The number of nitrogens with zero attached hydrogens (tertiary/aromatic N) is 1. The van der Waals surface area contributed by atoms with E-state index in [1.54, 1.807) is 23.5 Å². The lowest BCUT2D eigenvalue weighted by molar-refractivity contribution is -0.968. The van der Waals surface area contributed by atoms with Crippen LogP contribution in [0, 0.1) is 0 Å². The summed E-state index contributed by atoms with van der Waals surface area (Å²) >= 11 is 1.80. The predicted octanol–water partition coefficient (Wildman–Crippen LogP) is 3.93. The van der Waals surface area contributed by atoms with Gasteiger partial charge in [-0.3, -0.25) is 4.79 Å². The Hall–Kier alpha value is -2.92. The lowest BCUT2D eigenvalue weighted by Crippen LogP contribution is -2.62. The average Bonchev–Trinajstić information content (AvgIpc) is 3.36. The molecular formula is C29H34NO8S+. The van der Waals surface area contributed by atoms with Crippen LogP contribution in [-0.4, -0.2) is 65.6 Å². The highest BCUT2D eigenvalue weighted by Crippen LogP contribution is 2.54. The van der Waals surface area contributed by atoms with E-state index in [-0.39, 0.29) is 47.9 Å². The quantitative estimate of drug-likeness (QED) is 0.215. The van der Waals surface area contributed by atoms with E-state index in [1.807, 2.05) is 6.92 Å². The van der Waals surface area contributed by atoms with Crippen molar-refractivity contribution in [1.82, 2.24) is 0 Å². The van der Waals surface area contributed by atoms with Gasteiger partial charge in [-0.15, -0.1) is 11.3 Å². The molecule has 3 saturated heterocycles.